The van der Waals surface area contributed by atoms with E-state index in [0.717, 1.165) is 12.8 Å². The molecule has 0 N–H and O–H groups in total. The van der Waals surface area contributed by atoms with Crippen LogP contribution < -0.4 is 0 Å². The van der Waals surface area contributed by atoms with Crippen LogP contribution in [0.2, 0.25) is 0 Å². The van der Waals surface area contributed by atoms with Crippen LogP contribution in [0.5, 0.6) is 0 Å². The first-order chi connectivity index (χ1) is 7.54. The smallest absolute Gasteiger partial charge is 0.233 e. The Hall–Kier alpha value is -0.510. The van der Waals surface area contributed by atoms with Gasteiger partial charge in [0.2, 0.25) is 11.8 Å². The zero-order valence-corrected chi connectivity index (χ0v) is 10.7. The van der Waals surface area contributed by atoms with Crippen molar-refractivity contribution >= 4 is 24.4 Å². The number of imide groups is 1. The molecule has 2 amide bonds. The maximum absolute atomic E-state index is 12.1. The van der Waals surface area contributed by atoms with Gasteiger partial charge in [-0.25, -0.2) is 0 Å². The Balaban J connectivity index is 2.08. The van der Waals surface area contributed by atoms with E-state index in [1.807, 2.05) is 6.92 Å². The first kappa shape index (κ1) is 12.0. The zero-order chi connectivity index (χ0) is 11.9. The summed E-state index contributed by atoms with van der Waals surface area (Å²) in [5.74, 6) is 1.60. The van der Waals surface area contributed by atoms with Crippen LogP contribution in [0.3, 0.4) is 0 Å². The van der Waals surface area contributed by atoms with Crippen LogP contribution in [0.15, 0.2) is 0 Å². The van der Waals surface area contributed by atoms with Crippen molar-refractivity contribution in [2.45, 2.75) is 26.7 Å². The predicted octanol–water partition coefficient (Wildman–Crippen LogP) is 1.58. The van der Waals surface area contributed by atoms with Crippen molar-refractivity contribution in [3.63, 3.8) is 0 Å². The molecule has 3 nitrogen and oxygen atoms in total. The SMILES string of the molecule is CC1CC2C(=O)N(CC(C)CS)C(=O)C2C1. The molecule has 1 aliphatic heterocycles. The van der Waals surface area contributed by atoms with Gasteiger partial charge in [-0.3, -0.25) is 14.5 Å². The van der Waals surface area contributed by atoms with Crippen LogP contribution in [0.1, 0.15) is 26.7 Å². The maximum Gasteiger partial charge on any atom is 0.233 e. The molecule has 2 fully saturated rings. The Kier molecular flexibility index (Phi) is 3.29. The van der Waals surface area contributed by atoms with Crippen molar-refractivity contribution in [1.29, 1.82) is 0 Å². The number of carbonyl (C=O) groups excluding carboxylic acids is 2. The van der Waals surface area contributed by atoms with Gasteiger partial charge in [0.15, 0.2) is 0 Å². The van der Waals surface area contributed by atoms with Gasteiger partial charge in [0.05, 0.1) is 11.8 Å². The first-order valence-corrected chi connectivity index (χ1v) is 6.64. The molecule has 2 rings (SSSR count). The molecular weight excluding hydrogens is 222 g/mol. The molecule has 0 bridgehead atoms. The fourth-order valence-electron chi connectivity index (χ4n) is 2.90. The molecule has 1 heterocycles. The highest BCUT2D eigenvalue weighted by Crippen LogP contribution is 2.42. The van der Waals surface area contributed by atoms with Gasteiger partial charge in [-0.2, -0.15) is 12.6 Å². The van der Waals surface area contributed by atoms with Crippen molar-refractivity contribution in [1.82, 2.24) is 4.90 Å². The summed E-state index contributed by atoms with van der Waals surface area (Å²) in [5, 5.41) is 0. The standard InChI is InChI=1S/C12H19NO2S/c1-7-3-9-10(4-7)12(15)13(11(9)14)5-8(2)6-16/h7-10,16H,3-6H2,1-2H3. The van der Waals surface area contributed by atoms with E-state index < -0.39 is 0 Å². The molecule has 16 heavy (non-hydrogen) atoms. The minimum absolute atomic E-state index is 0.0189. The molecule has 0 aromatic heterocycles. The minimum atomic E-state index is -0.0189. The van der Waals surface area contributed by atoms with Crippen LogP contribution in [0.25, 0.3) is 0 Å². The highest BCUT2D eigenvalue weighted by atomic mass is 32.1. The summed E-state index contributed by atoms with van der Waals surface area (Å²) in [6.07, 6.45) is 1.78. The summed E-state index contributed by atoms with van der Waals surface area (Å²) in [7, 11) is 0. The fraction of sp³-hybridized carbons (Fsp3) is 0.833. The fourth-order valence-corrected chi connectivity index (χ4v) is 3.01. The van der Waals surface area contributed by atoms with Gasteiger partial charge in [0.25, 0.3) is 0 Å². The monoisotopic (exact) mass is 241 g/mol. The van der Waals surface area contributed by atoms with Crippen molar-refractivity contribution in [3.8, 4) is 0 Å². The van der Waals surface area contributed by atoms with Gasteiger partial charge in [-0.1, -0.05) is 13.8 Å². The van der Waals surface area contributed by atoms with E-state index in [-0.39, 0.29) is 29.6 Å². The van der Waals surface area contributed by atoms with Crippen LogP contribution in [0.4, 0.5) is 0 Å². The van der Waals surface area contributed by atoms with E-state index in [1.54, 1.807) is 0 Å². The molecule has 90 valence electrons. The molecule has 1 aliphatic carbocycles. The second kappa shape index (κ2) is 4.40. The molecule has 4 heteroatoms. The summed E-state index contributed by atoms with van der Waals surface area (Å²) in [5.41, 5.74) is 0. The lowest BCUT2D eigenvalue weighted by molar-refractivity contribution is -0.141. The van der Waals surface area contributed by atoms with Crippen LogP contribution >= 0.6 is 12.6 Å². The number of hydrogen-bond donors (Lipinski definition) is 1. The van der Waals surface area contributed by atoms with E-state index in [9.17, 15) is 9.59 Å². The van der Waals surface area contributed by atoms with Crippen molar-refractivity contribution in [2.75, 3.05) is 12.3 Å². The summed E-state index contributed by atoms with van der Waals surface area (Å²) in [6, 6.07) is 0. The van der Waals surface area contributed by atoms with E-state index in [0.29, 0.717) is 18.2 Å². The molecule has 1 saturated carbocycles. The van der Waals surface area contributed by atoms with Crippen LogP contribution in [0, 0.1) is 23.7 Å². The van der Waals surface area contributed by atoms with Crippen molar-refractivity contribution < 1.29 is 9.59 Å². The predicted molar refractivity (Wildman–Crippen MR) is 65.1 cm³/mol. The molecule has 0 aromatic rings. The molecule has 0 spiro atoms. The Bertz CT molecular complexity index is 294. The van der Waals surface area contributed by atoms with Crippen molar-refractivity contribution in [2.24, 2.45) is 23.7 Å². The molecule has 2 aliphatic rings. The van der Waals surface area contributed by atoms with Crippen LogP contribution in [-0.4, -0.2) is 29.0 Å². The normalized spacial score (nSPS) is 35.7. The molecule has 0 radical (unpaired) electrons. The first-order valence-electron chi connectivity index (χ1n) is 6.00. The van der Waals surface area contributed by atoms with Crippen LogP contribution in [-0.2, 0) is 9.59 Å². The maximum atomic E-state index is 12.1. The minimum Gasteiger partial charge on any atom is -0.282 e. The van der Waals surface area contributed by atoms with Gasteiger partial charge < -0.3 is 0 Å². The number of nitrogens with zero attached hydrogens (tertiary/aromatic N) is 1. The Morgan fingerprint density at radius 3 is 2.25 bits per heavy atom. The second-order valence-corrected chi connectivity index (χ2v) is 5.73. The topological polar surface area (TPSA) is 37.4 Å². The highest BCUT2D eigenvalue weighted by Gasteiger charge is 2.51. The summed E-state index contributed by atoms with van der Waals surface area (Å²) >= 11 is 4.19. The van der Waals surface area contributed by atoms with Gasteiger partial charge in [0.1, 0.15) is 0 Å². The molecule has 3 unspecified atom stereocenters. The Morgan fingerprint density at radius 2 is 1.81 bits per heavy atom. The summed E-state index contributed by atoms with van der Waals surface area (Å²) < 4.78 is 0. The van der Waals surface area contributed by atoms with E-state index in [2.05, 4.69) is 19.6 Å². The lowest BCUT2D eigenvalue weighted by atomic mass is 10.00. The highest BCUT2D eigenvalue weighted by molar-refractivity contribution is 7.80. The summed E-state index contributed by atoms with van der Waals surface area (Å²) in [4.78, 5) is 25.6. The largest absolute Gasteiger partial charge is 0.282 e. The van der Waals surface area contributed by atoms with E-state index >= 15 is 0 Å². The number of hydrogen-bond acceptors (Lipinski definition) is 3. The second-order valence-electron chi connectivity index (χ2n) is 5.36. The lowest BCUT2D eigenvalue weighted by Crippen LogP contribution is -2.36. The summed E-state index contributed by atoms with van der Waals surface area (Å²) in [6.45, 7) is 4.69. The number of amides is 2. The molecule has 0 aromatic carbocycles. The number of likely N-dealkylation sites (tertiary alicyclic amines) is 1. The Labute approximate surface area is 102 Å². The molecule has 3 atom stereocenters. The number of fused-ring (bicyclic) bond motifs is 1. The number of thiol groups is 1. The van der Waals surface area contributed by atoms with Gasteiger partial charge in [-0.15, -0.1) is 0 Å². The zero-order valence-electron chi connectivity index (χ0n) is 9.85. The van der Waals surface area contributed by atoms with E-state index in [1.165, 1.54) is 4.90 Å². The number of rotatable bonds is 3. The average Bonchev–Trinajstić information content (AvgIpc) is 2.73. The quantitative estimate of drug-likeness (QED) is 0.602. The van der Waals surface area contributed by atoms with Gasteiger partial charge in [-0.05, 0) is 30.4 Å². The average molecular weight is 241 g/mol. The third-order valence-corrected chi connectivity index (χ3v) is 4.39. The lowest BCUT2D eigenvalue weighted by Gasteiger charge is -2.19. The number of carbonyl (C=O) groups is 2. The Morgan fingerprint density at radius 1 is 1.31 bits per heavy atom. The van der Waals surface area contributed by atoms with Gasteiger partial charge in [0, 0.05) is 6.54 Å². The molecule has 1 saturated heterocycles. The third-order valence-electron chi connectivity index (χ3n) is 3.77. The third kappa shape index (κ3) is 1.88. The van der Waals surface area contributed by atoms with Crippen molar-refractivity contribution in [3.05, 3.63) is 0 Å². The molecular formula is C12H19NO2S. The van der Waals surface area contributed by atoms with E-state index in [4.69, 9.17) is 0 Å². The van der Waals surface area contributed by atoms with Gasteiger partial charge >= 0.3 is 0 Å².